The fourth-order valence-electron chi connectivity index (χ4n) is 2.75. The molecule has 0 aromatic heterocycles. The SMILES string of the molecule is CCN1C(=O)/C(=C\c2ccc(OCCCOc3ccccc3OC)cc2)SC1=S. The number of likely N-dealkylation sites (N-methyl/N-ethyl adjacent to an activating group) is 1. The van der Waals surface area contributed by atoms with Crippen molar-refractivity contribution >= 4 is 40.3 Å². The molecule has 29 heavy (non-hydrogen) atoms. The maximum atomic E-state index is 12.3. The standard InChI is InChI=1S/C22H23NO4S2/c1-3-23-21(24)20(29-22(23)28)15-16-9-11-17(12-10-16)26-13-6-14-27-19-8-5-4-7-18(19)25-2/h4-5,7-12,15H,3,6,13-14H2,1-2H3/b20-15+. The number of carbonyl (C=O) groups excluding carboxylic acids is 1. The van der Waals surface area contributed by atoms with Crippen molar-refractivity contribution in [1.82, 2.24) is 4.90 Å². The molecule has 2 aromatic rings. The van der Waals surface area contributed by atoms with Gasteiger partial charge in [0, 0.05) is 13.0 Å². The van der Waals surface area contributed by atoms with Crippen LogP contribution in [0.2, 0.25) is 0 Å². The first kappa shape index (κ1) is 21.2. The summed E-state index contributed by atoms with van der Waals surface area (Å²) in [6.45, 7) is 3.60. The maximum Gasteiger partial charge on any atom is 0.266 e. The average Bonchev–Trinajstić information content (AvgIpc) is 3.01. The van der Waals surface area contributed by atoms with Crippen LogP contribution in [0.3, 0.4) is 0 Å². The van der Waals surface area contributed by atoms with Crippen molar-refractivity contribution in [3.05, 3.63) is 59.0 Å². The van der Waals surface area contributed by atoms with Gasteiger partial charge >= 0.3 is 0 Å². The van der Waals surface area contributed by atoms with Gasteiger partial charge in [-0.2, -0.15) is 0 Å². The van der Waals surface area contributed by atoms with Crippen LogP contribution in [0, 0.1) is 0 Å². The lowest BCUT2D eigenvalue weighted by molar-refractivity contribution is -0.121. The Morgan fingerprint density at radius 3 is 2.38 bits per heavy atom. The molecule has 1 heterocycles. The molecule has 7 heteroatoms. The molecule has 5 nitrogen and oxygen atoms in total. The second kappa shape index (κ2) is 10.3. The highest BCUT2D eigenvalue weighted by Gasteiger charge is 2.30. The molecule has 1 fully saturated rings. The lowest BCUT2D eigenvalue weighted by Gasteiger charge is -2.11. The highest BCUT2D eigenvalue weighted by molar-refractivity contribution is 8.26. The Hall–Kier alpha value is -2.51. The maximum absolute atomic E-state index is 12.3. The van der Waals surface area contributed by atoms with Crippen LogP contribution < -0.4 is 14.2 Å². The van der Waals surface area contributed by atoms with Gasteiger partial charge in [0.1, 0.15) is 10.1 Å². The number of hydrogen-bond donors (Lipinski definition) is 0. The minimum atomic E-state index is -0.0297. The van der Waals surface area contributed by atoms with Gasteiger partial charge in [-0.15, -0.1) is 0 Å². The van der Waals surface area contributed by atoms with Crippen molar-refractivity contribution < 1.29 is 19.0 Å². The highest BCUT2D eigenvalue weighted by Crippen LogP contribution is 2.32. The van der Waals surface area contributed by atoms with Crippen LogP contribution in [0.4, 0.5) is 0 Å². The van der Waals surface area contributed by atoms with Gasteiger partial charge in [-0.05, 0) is 42.8 Å². The van der Waals surface area contributed by atoms with E-state index in [2.05, 4.69) is 0 Å². The number of ether oxygens (including phenoxy) is 3. The number of benzene rings is 2. The summed E-state index contributed by atoms with van der Waals surface area (Å²) in [6.07, 6.45) is 2.61. The van der Waals surface area contributed by atoms with Crippen molar-refractivity contribution in [2.75, 3.05) is 26.9 Å². The molecule has 0 bridgehead atoms. The van der Waals surface area contributed by atoms with E-state index in [0.29, 0.717) is 29.0 Å². The van der Waals surface area contributed by atoms with Gasteiger partial charge in [-0.3, -0.25) is 9.69 Å². The normalized spacial score (nSPS) is 15.1. The fraction of sp³-hybridized carbons (Fsp3) is 0.273. The van der Waals surface area contributed by atoms with E-state index in [9.17, 15) is 4.79 Å². The Labute approximate surface area is 180 Å². The quantitative estimate of drug-likeness (QED) is 0.325. The van der Waals surface area contributed by atoms with Crippen LogP contribution in [-0.4, -0.2) is 42.0 Å². The third-order valence-corrected chi connectivity index (χ3v) is 5.63. The number of amides is 1. The molecular formula is C22H23NO4S2. The zero-order valence-electron chi connectivity index (χ0n) is 16.4. The second-order valence-corrected chi connectivity index (χ2v) is 7.87. The monoisotopic (exact) mass is 429 g/mol. The van der Waals surface area contributed by atoms with Crippen molar-refractivity contribution in [1.29, 1.82) is 0 Å². The van der Waals surface area contributed by atoms with E-state index in [1.165, 1.54) is 11.8 Å². The number of carbonyl (C=O) groups is 1. The lowest BCUT2D eigenvalue weighted by atomic mass is 10.2. The smallest absolute Gasteiger partial charge is 0.266 e. The third kappa shape index (κ3) is 5.52. The van der Waals surface area contributed by atoms with Gasteiger partial charge in [-0.25, -0.2) is 0 Å². The molecule has 1 saturated heterocycles. The largest absolute Gasteiger partial charge is 0.493 e. The molecule has 1 amide bonds. The van der Waals surface area contributed by atoms with E-state index in [0.717, 1.165) is 29.2 Å². The van der Waals surface area contributed by atoms with E-state index in [-0.39, 0.29) is 5.91 Å². The third-order valence-electron chi connectivity index (χ3n) is 4.25. The topological polar surface area (TPSA) is 48.0 Å². The summed E-state index contributed by atoms with van der Waals surface area (Å²) in [7, 11) is 1.63. The van der Waals surface area contributed by atoms with E-state index >= 15 is 0 Å². The van der Waals surface area contributed by atoms with Gasteiger partial charge in [0.05, 0.1) is 25.2 Å². The molecule has 2 aromatic carbocycles. The fourth-order valence-corrected chi connectivity index (χ4v) is 4.14. The Morgan fingerprint density at radius 1 is 1.03 bits per heavy atom. The first-order valence-corrected chi connectivity index (χ1v) is 10.6. The molecule has 0 spiro atoms. The zero-order valence-corrected chi connectivity index (χ0v) is 18.1. The summed E-state index contributed by atoms with van der Waals surface area (Å²) < 4.78 is 17.4. The Balaban J connectivity index is 1.46. The molecule has 1 aliphatic rings. The second-order valence-electron chi connectivity index (χ2n) is 6.20. The lowest BCUT2D eigenvalue weighted by Crippen LogP contribution is -2.27. The Bertz CT molecular complexity index is 896. The first-order valence-electron chi connectivity index (χ1n) is 9.36. The summed E-state index contributed by atoms with van der Waals surface area (Å²) >= 11 is 6.58. The zero-order chi connectivity index (χ0) is 20.6. The molecule has 3 rings (SSSR count). The number of methoxy groups -OCH3 is 1. The number of thiocarbonyl (C=S) groups is 1. The van der Waals surface area contributed by atoms with Gasteiger partial charge < -0.3 is 14.2 Å². The molecule has 0 saturated carbocycles. The van der Waals surface area contributed by atoms with E-state index in [1.807, 2.05) is 61.5 Å². The van der Waals surface area contributed by atoms with E-state index in [4.69, 9.17) is 26.4 Å². The number of hydrogen-bond acceptors (Lipinski definition) is 6. The molecule has 1 aliphatic heterocycles. The van der Waals surface area contributed by atoms with Crippen molar-refractivity contribution in [3.8, 4) is 17.2 Å². The molecule has 0 aliphatic carbocycles. The van der Waals surface area contributed by atoms with Crippen LogP contribution in [-0.2, 0) is 4.79 Å². The summed E-state index contributed by atoms with van der Waals surface area (Å²) in [5.41, 5.74) is 0.938. The summed E-state index contributed by atoms with van der Waals surface area (Å²) in [6, 6.07) is 15.2. The average molecular weight is 430 g/mol. The van der Waals surface area contributed by atoms with Gasteiger partial charge in [0.15, 0.2) is 11.5 Å². The molecular weight excluding hydrogens is 406 g/mol. The number of thioether (sulfide) groups is 1. The van der Waals surface area contributed by atoms with E-state index in [1.54, 1.807) is 12.0 Å². The Morgan fingerprint density at radius 2 is 1.72 bits per heavy atom. The minimum Gasteiger partial charge on any atom is -0.493 e. The number of nitrogens with zero attached hydrogens (tertiary/aromatic N) is 1. The van der Waals surface area contributed by atoms with Crippen molar-refractivity contribution in [3.63, 3.8) is 0 Å². The Kier molecular flexibility index (Phi) is 7.55. The molecule has 152 valence electrons. The molecule has 0 unspecified atom stereocenters. The van der Waals surface area contributed by atoms with Gasteiger partial charge in [0.25, 0.3) is 5.91 Å². The summed E-state index contributed by atoms with van der Waals surface area (Å²) in [5.74, 6) is 2.20. The summed E-state index contributed by atoms with van der Waals surface area (Å²) in [5, 5.41) is 0. The predicted octanol–water partition coefficient (Wildman–Crippen LogP) is 4.76. The van der Waals surface area contributed by atoms with Crippen molar-refractivity contribution in [2.24, 2.45) is 0 Å². The molecule has 0 atom stereocenters. The van der Waals surface area contributed by atoms with Crippen LogP contribution in [0.5, 0.6) is 17.2 Å². The van der Waals surface area contributed by atoms with Crippen LogP contribution in [0.25, 0.3) is 6.08 Å². The highest BCUT2D eigenvalue weighted by atomic mass is 32.2. The number of para-hydroxylation sites is 2. The summed E-state index contributed by atoms with van der Waals surface area (Å²) in [4.78, 5) is 14.5. The van der Waals surface area contributed by atoms with E-state index < -0.39 is 0 Å². The van der Waals surface area contributed by atoms with Crippen LogP contribution in [0.1, 0.15) is 18.9 Å². The number of rotatable bonds is 9. The van der Waals surface area contributed by atoms with Crippen molar-refractivity contribution in [2.45, 2.75) is 13.3 Å². The first-order chi connectivity index (χ1) is 14.1. The van der Waals surface area contributed by atoms with Gasteiger partial charge in [-0.1, -0.05) is 48.2 Å². The van der Waals surface area contributed by atoms with Gasteiger partial charge in [0.2, 0.25) is 0 Å². The minimum absolute atomic E-state index is 0.0297. The molecule has 0 N–H and O–H groups in total. The van der Waals surface area contributed by atoms with Crippen LogP contribution >= 0.6 is 24.0 Å². The molecule has 0 radical (unpaired) electrons. The van der Waals surface area contributed by atoms with Crippen LogP contribution in [0.15, 0.2) is 53.4 Å². The predicted molar refractivity (Wildman–Crippen MR) is 121 cm³/mol.